The molecule has 3 aliphatic heterocycles. The van der Waals surface area contributed by atoms with E-state index in [2.05, 4.69) is 25.6 Å². The largest absolute Gasteiger partial charge is 0.377 e. The van der Waals surface area contributed by atoms with Crippen molar-refractivity contribution in [1.29, 1.82) is 0 Å². The zero-order valence-electron chi connectivity index (χ0n) is 22.6. The molecule has 0 saturated carbocycles. The smallest absolute Gasteiger partial charge is 0.294 e. The van der Waals surface area contributed by atoms with Gasteiger partial charge in [-0.2, -0.15) is 9.61 Å². The number of morpholine rings is 1. The van der Waals surface area contributed by atoms with E-state index in [1.807, 2.05) is 53.6 Å². The Labute approximate surface area is 240 Å². The second-order valence-electron chi connectivity index (χ2n) is 11.0. The summed E-state index contributed by atoms with van der Waals surface area (Å²) in [5.74, 6) is 0.633. The van der Waals surface area contributed by atoms with E-state index in [0.29, 0.717) is 56.0 Å². The number of piperidine rings is 1. The third kappa shape index (κ3) is 3.97. The van der Waals surface area contributed by atoms with Crippen LogP contribution < -0.4 is 5.32 Å². The van der Waals surface area contributed by atoms with Crippen molar-refractivity contribution in [3.05, 3.63) is 78.3 Å². The number of fused-ring (bicyclic) bond motifs is 5. The first kappa shape index (κ1) is 24.8. The van der Waals surface area contributed by atoms with Gasteiger partial charge in [0, 0.05) is 41.8 Å². The maximum absolute atomic E-state index is 13.4. The number of benzene rings is 1. The molecule has 8 rings (SSSR count). The number of nitrogens with zero attached hydrogens (tertiary/aromatic N) is 7. The molecule has 0 aliphatic carbocycles. The fourth-order valence-corrected chi connectivity index (χ4v) is 6.60. The molecule has 42 heavy (non-hydrogen) atoms. The van der Waals surface area contributed by atoms with Gasteiger partial charge >= 0.3 is 0 Å². The Hall–Kier alpha value is -4.97. The molecule has 2 N–H and O–H groups in total. The van der Waals surface area contributed by atoms with E-state index in [1.165, 1.54) is 6.33 Å². The molecular formula is C30H27N9O3. The zero-order valence-corrected chi connectivity index (χ0v) is 22.6. The Morgan fingerprint density at radius 1 is 0.976 bits per heavy atom. The maximum Gasteiger partial charge on any atom is 0.294 e. The van der Waals surface area contributed by atoms with Crippen LogP contribution in [0.3, 0.4) is 0 Å². The van der Waals surface area contributed by atoms with E-state index >= 15 is 0 Å². The number of amides is 1. The number of anilines is 1. The highest BCUT2D eigenvalue weighted by molar-refractivity contribution is 6.04. The van der Waals surface area contributed by atoms with Crippen molar-refractivity contribution in [2.75, 3.05) is 25.1 Å². The quantitative estimate of drug-likeness (QED) is 0.338. The SMILES string of the molecule is O=C1CCNc2c1c(C1CC3COCC(C1)N3C(=O)c1nc[nH]n1)nc1c(-c3ccc(-c4ccccc4)nc3)cnn21. The zero-order chi connectivity index (χ0) is 28.2. The number of H-pyrrole nitrogens is 1. The third-order valence-electron chi connectivity index (χ3n) is 8.49. The molecule has 2 fully saturated rings. The van der Waals surface area contributed by atoms with Gasteiger partial charge in [0.25, 0.3) is 5.91 Å². The van der Waals surface area contributed by atoms with Crippen molar-refractivity contribution >= 4 is 23.2 Å². The highest BCUT2D eigenvalue weighted by atomic mass is 16.5. The fraction of sp³-hybridized carbons (Fsp3) is 0.300. The summed E-state index contributed by atoms with van der Waals surface area (Å²) in [6, 6.07) is 13.7. The number of pyridine rings is 1. The van der Waals surface area contributed by atoms with E-state index < -0.39 is 0 Å². The van der Waals surface area contributed by atoms with E-state index in [4.69, 9.17) is 14.7 Å². The molecule has 2 unspecified atom stereocenters. The third-order valence-corrected chi connectivity index (χ3v) is 8.49. The summed E-state index contributed by atoms with van der Waals surface area (Å²) in [6.07, 6.45) is 6.66. The number of carbonyl (C=O) groups excluding carboxylic acids is 2. The summed E-state index contributed by atoms with van der Waals surface area (Å²) < 4.78 is 7.60. The first-order valence-electron chi connectivity index (χ1n) is 14.1. The average Bonchev–Trinajstić information content (AvgIpc) is 3.71. The van der Waals surface area contributed by atoms with Crippen LogP contribution in [-0.4, -0.2) is 83.2 Å². The predicted molar refractivity (Wildman–Crippen MR) is 152 cm³/mol. The van der Waals surface area contributed by atoms with Gasteiger partial charge in [0.2, 0.25) is 5.82 Å². The van der Waals surface area contributed by atoms with Gasteiger partial charge in [0.1, 0.15) is 12.1 Å². The average molecular weight is 562 g/mol. The first-order valence-corrected chi connectivity index (χ1v) is 14.1. The van der Waals surface area contributed by atoms with E-state index in [9.17, 15) is 9.59 Å². The van der Waals surface area contributed by atoms with Crippen molar-refractivity contribution in [3.8, 4) is 22.4 Å². The number of nitrogens with one attached hydrogen (secondary N) is 2. The number of hydrogen-bond acceptors (Lipinski definition) is 9. The molecule has 210 valence electrons. The number of ketones is 1. The summed E-state index contributed by atoms with van der Waals surface area (Å²) in [4.78, 5) is 42.5. The van der Waals surface area contributed by atoms with Crippen molar-refractivity contribution < 1.29 is 14.3 Å². The number of aromatic amines is 1. The van der Waals surface area contributed by atoms with Gasteiger partial charge in [-0.3, -0.25) is 19.7 Å². The van der Waals surface area contributed by atoms with Crippen LogP contribution in [-0.2, 0) is 4.74 Å². The number of ether oxygens (including phenoxy) is 1. The molecule has 2 saturated heterocycles. The minimum absolute atomic E-state index is 0.0379. The lowest BCUT2D eigenvalue weighted by Crippen LogP contribution is -2.59. The number of aromatic nitrogens is 7. The Balaban J connectivity index is 1.19. The molecule has 1 amide bonds. The normalized spacial score (nSPS) is 21.7. The van der Waals surface area contributed by atoms with E-state index in [0.717, 1.165) is 28.1 Å². The van der Waals surface area contributed by atoms with Gasteiger partial charge < -0.3 is 15.0 Å². The molecule has 7 heterocycles. The molecule has 4 aromatic heterocycles. The molecule has 1 aromatic carbocycles. The molecular weight excluding hydrogens is 534 g/mol. The number of Topliss-reactive ketones (excluding diaryl/α,β-unsaturated/α-hetero) is 1. The first-order chi connectivity index (χ1) is 20.7. The summed E-state index contributed by atoms with van der Waals surface area (Å²) in [7, 11) is 0. The summed E-state index contributed by atoms with van der Waals surface area (Å²) >= 11 is 0. The van der Waals surface area contributed by atoms with Crippen LogP contribution in [0.2, 0.25) is 0 Å². The Bertz CT molecular complexity index is 1790. The van der Waals surface area contributed by atoms with Crippen LogP contribution in [0.25, 0.3) is 28.0 Å². The van der Waals surface area contributed by atoms with Crippen LogP contribution in [0.5, 0.6) is 0 Å². The summed E-state index contributed by atoms with van der Waals surface area (Å²) in [5, 5.41) is 14.7. The molecule has 2 atom stereocenters. The molecule has 0 spiro atoms. The van der Waals surface area contributed by atoms with Crippen LogP contribution in [0.1, 0.15) is 51.9 Å². The molecule has 12 heteroatoms. The van der Waals surface area contributed by atoms with Gasteiger partial charge in [-0.1, -0.05) is 36.4 Å². The second kappa shape index (κ2) is 9.84. The highest BCUT2D eigenvalue weighted by Gasteiger charge is 2.45. The number of carbonyl (C=O) groups is 2. The van der Waals surface area contributed by atoms with Crippen molar-refractivity contribution in [2.24, 2.45) is 0 Å². The summed E-state index contributed by atoms with van der Waals surface area (Å²) in [6.45, 7) is 1.37. The lowest BCUT2D eigenvalue weighted by atomic mass is 9.80. The molecule has 12 nitrogen and oxygen atoms in total. The standard InChI is InChI=1S/C30H27N9O3/c40-24-8-9-31-29-25(24)26(19-10-20-14-42-15-21(11-19)38(20)30(41)27-33-16-34-37-27)36-28-22(13-35-39(28)29)18-6-7-23(32-12-18)17-4-2-1-3-5-17/h1-7,12-13,16,19-21,31H,8-11,14-15H2,(H,33,34,37). The van der Waals surface area contributed by atoms with Gasteiger partial charge in [0.05, 0.1) is 48.4 Å². The van der Waals surface area contributed by atoms with Gasteiger partial charge in [-0.05, 0) is 18.9 Å². The number of hydrogen-bond donors (Lipinski definition) is 2. The van der Waals surface area contributed by atoms with E-state index in [-0.39, 0.29) is 35.5 Å². The second-order valence-corrected chi connectivity index (χ2v) is 11.0. The van der Waals surface area contributed by atoms with Crippen molar-refractivity contribution in [3.63, 3.8) is 0 Å². The van der Waals surface area contributed by atoms with E-state index in [1.54, 1.807) is 10.7 Å². The lowest BCUT2D eigenvalue weighted by Gasteiger charge is -2.48. The Kier molecular flexibility index (Phi) is 5.81. The van der Waals surface area contributed by atoms with Gasteiger partial charge in [-0.25, -0.2) is 9.97 Å². The van der Waals surface area contributed by atoms with Gasteiger partial charge in [-0.15, -0.1) is 5.10 Å². The Morgan fingerprint density at radius 2 is 1.81 bits per heavy atom. The van der Waals surface area contributed by atoms with Crippen LogP contribution in [0.15, 0.2) is 61.2 Å². The maximum atomic E-state index is 13.4. The van der Waals surface area contributed by atoms with Crippen LogP contribution in [0, 0.1) is 0 Å². The minimum Gasteiger partial charge on any atom is -0.377 e. The van der Waals surface area contributed by atoms with Crippen LogP contribution >= 0.6 is 0 Å². The fourth-order valence-electron chi connectivity index (χ4n) is 6.60. The van der Waals surface area contributed by atoms with Crippen molar-refractivity contribution in [2.45, 2.75) is 37.3 Å². The van der Waals surface area contributed by atoms with Crippen molar-refractivity contribution in [1.82, 2.24) is 39.7 Å². The molecule has 5 aromatic rings. The summed E-state index contributed by atoms with van der Waals surface area (Å²) in [5.41, 5.74) is 5.68. The lowest BCUT2D eigenvalue weighted by molar-refractivity contribution is -0.0624. The highest BCUT2D eigenvalue weighted by Crippen LogP contribution is 2.42. The topological polar surface area (TPSA) is 143 Å². The van der Waals surface area contributed by atoms with Crippen LogP contribution in [0.4, 0.5) is 5.82 Å². The Morgan fingerprint density at radius 3 is 2.55 bits per heavy atom. The predicted octanol–water partition coefficient (Wildman–Crippen LogP) is 3.36. The molecule has 3 aliphatic rings. The number of rotatable bonds is 4. The van der Waals surface area contributed by atoms with Gasteiger partial charge in [0.15, 0.2) is 11.4 Å². The minimum atomic E-state index is -0.208. The monoisotopic (exact) mass is 561 g/mol. The molecule has 2 bridgehead atoms. The molecule has 0 radical (unpaired) electrons.